The van der Waals surface area contributed by atoms with Crippen LogP contribution in [0.2, 0.25) is 0 Å². The number of carbonyl (C=O) groups is 1. The van der Waals surface area contributed by atoms with Crippen LogP contribution in [0.5, 0.6) is 0 Å². The van der Waals surface area contributed by atoms with Crippen LogP contribution in [0.25, 0.3) is 0 Å². The number of likely N-dealkylation sites (N-methyl/N-ethyl adjacent to an activating group) is 1. The molecule has 0 aliphatic rings. The minimum Gasteiger partial charge on any atom is -0.355 e. The Morgan fingerprint density at radius 2 is 2.00 bits per heavy atom. The van der Waals surface area contributed by atoms with E-state index in [-0.39, 0.29) is 6.04 Å². The highest BCUT2D eigenvalue weighted by molar-refractivity contribution is 5.46. The van der Waals surface area contributed by atoms with Crippen LogP contribution in [-0.2, 0) is 4.79 Å². The van der Waals surface area contributed by atoms with Crippen molar-refractivity contribution in [3.8, 4) is 0 Å². The fourth-order valence-electron chi connectivity index (χ4n) is 0.812. The largest absolute Gasteiger partial charge is 0.355 e. The molecule has 0 aromatic carbocycles. The molecule has 0 heterocycles. The third-order valence-electron chi connectivity index (χ3n) is 1.80. The summed E-state index contributed by atoms with van der Waals surface area (Å²) in [6.45, 7) is 7.16. The van der Waals surface area contributed by atoms with E-state index in [2.05, 4.69) is 24.1 Å². The molecule has 0 rings (SSSR count). The quantitative estimate of drug-likeness (QED) is 0.590. The molecule has 3 heteroatoms. The highest BCUT2D eigenvalue weighted by Gasteiger charge is 2.06. The van der Waals surface area contributed by atoms with Crippen molar-refractivity contribution in [1.29, 1.82) is 0 Å². The summed E-state index contributed by atoms with van der Waals surface area (Å²) in [4.78, 5) is 12.2. The van der Waals surface area contributed by atoms with E-state index in [1.165, 1.54) is 0 Å². The van der Waals surface area contributed by atoms with Crippen molar-refractivity contribution in [1.82, 2.24) is 10.2 Å². The van der Waals surface area contributed by atoms with Gasteiger partial charge in [0.2, 0.25) is 6.41 Å². The summed E-state index contributed by atoms with van der Waals surface area (Å²) in [5, 5.41) is 2.71. The molecule has 0 bridgehead atoms. The Hall–Kier alpha value is -0.570. The second-order valence-electron chi connectivity index (χ2n) is 3.22. The first kappa shape index (κ1) is 10.4. The van der Waals surface area contributed by atoms with E-state index in [4.69, 9.17) is 0 Å². The van der Waals surface area contributed by atoms with Crippen molar-refractivity contribution >= 4 is 6.41 Å². The fraction of sp³-hybridized carbons (Fsp3) is 0.875. The van der Waals surface area contributed by atoms with E-state index in [0.29, 0.717) is 6.04 Å². The first-order chi connectivity index (χ1) is 5.07. The third-order valence-corrected chi connectivity index (χ3v) is 1.80. The molecule has 0 unspecified atom stereocenters. The van der Waals surface area contributed by atoms with E-state index in [9.17, 15) is 4.79 Å². The summed E-state index contributed by atoms with van der Waals surface area (Å²) in [5.41, 5.74) is 0. The average Bonchev–Trinajstić information content (AvgIpc) is 1.87. The lowest BCUT2D eigenvalue weighted by Gasteiger charge is -2.24. The van der Waals surface area contributed by atoms with Crippen molar-refractivity contribution in [2.45, 2.75) is 32.9 Å². The minimum absolute atomic E-state index is 0.236. The van der Waals surface area contributed by atoms with Gasteiger partial charge in [-0.3, -0.25) is 4.79 Å². The molecule has 3 nitrogen and oxygen atoms in total. The Balaban J connectivity index is 3.56. The van der Waals surface area contributed by atoms with Gasteiger partial charge in [0.15, 0.2) is 0 Å². The third kappa shape index (κ3) is 4.79. The molecule has 0 aromatic rings. The maximum Gasteiger partial charge on any atom is 0.207 e. The van der Waals surface area contributed by atoms with Crippen molar-refractivity contribution in [3.05, 3.63) is 0 Å². The van der Waals surface area contributed by atoms with Gasteiger partial charge in [0.1, 0.15) is 0 Å². The van der Waals surface area contributed by atoms with Gasteiger partial charge < -0.3 is 10.2 Å². The zero-order valence-electron chi connectivity index (χ0n) is 7.79. The highest BCUT2D eigenvalue weighted by atomic mass is 16.1. The zero-order valence-corrected chi connectivity index (χ0v) is 7.79. The summed E-state index contributed by atoms with van der Waals surface area (Å²) in [7, 11) is 2.05. The lowest BCUT2D eigenvalue weighted by molar-refractivity contribution is -0.110. The molecule has 0 saturated carbocycles. The average molecular weight is 158 g/mol. The maximum absolute atomic E-state index is 10.0. The number of nitrogens with zero attached hydrogens (tertiary/aromatic N) is 1. The Bertz CT molecular complexity index is 115. The van der Waals surface area contributed by atoms with Crippen LogP contribution in [0, 0.1) is 0 Å². The number of rotatable bonds is 5. The molecule has 0 aromatic heterocycles. The van der Waals surface area contributed by atoms with Gasteiger partial charge in [-0.05, 0) is 27.8 Å². The predicted molar refractivity (Wildman–Crippen MR) is 46.4 cm³/mol. The normalized spacial score (nSPS) is 13.6. The Morgan fingerprint density at radius 1 is 1.45 bits per heavy atom. The van der Waals surface area contributed by atoms with E-state index in [1.54, 1.807) is 0 Å². The van der Waals surface area contributed by atoms with Crippen molar-refractivity contribution in [3.63, 3.8) is 0 Å². The lowest BCUT2D eigenvalue weighted by atomic mass is 10.2. The molecule has 0 spiro atoms. The molecule has 66 valence electrons. The van der Waals surface area contributed by atoms with Gasteiger partial charge in [0, 0.05) is 18.6 Å². The summed E-state index contributed by atoms with van der Waals surface area (Å²) in [5.74, 6) is 0. The Morgan fingerprint density at radius 3 is 2.36 bits per heavy atom. The van der Waals surface area contributed by atoms with E-state index in [1.807, 2.05) is 14.0 Å². The van der Waals surface area contributed by atoms with Crippen LogP contribution in [-0.4, -0.2) is 37.0 Å². The van der Waals surface area contributed by atoms with Crippen LogP contribution in [0.1, 0.15) is 20.8 Å². The molecule has 1 atom stereocenters. The SMILES string of the molecule is CC(C)N(C)C[C@H](C)NC=O. The maximum atomic E-state index is 10.0. The molecular formula is C8H18N2O. The lowest BCUT2D eigenvalue weighted by Crippen LogP contribution is -2.39. The molecule has 11 heavy (non-hydrogen) atoms. The number of carbonyl (C=O) groups excluding carboxylic acids is 1. The second-order valence-corrected chi connectivity index (χ2v) is 3.22. The number of nitrogens with one attached hydrogen (secondary N) is 1. The van der Waals surface area contributed by atoms with Crippen molar-refractivity contribution < 1.29 is 4.79 Å². The first-order valence-electron chi connectivity index (χ1n) is 3.97. The van der Waals surface area contributed by atoms with Gasteiger partial charge in [-0.25, -0.2) is 0 Å². The van der Waals surface area contributed by atoms with Gasteiger partial charge in [-0.2, -0.15) is 0 Å². The number of hydrogen-bond acceptors (Lipinski definition) is 2. The standard InChI is InChI=1S/C8H18N2O/c1-7(2)10(4)5-8(3)9-6-11/h6-8H,5H2,1-4H3,(H,9,11)/t8-/m0/s1. The monoisotopic (exact) mass is 158 g/mol. The molecule has 0 aliphatic heterocycles. The number of hydrogen-bond donors (Lipinski definition) is 1. The molecule has 0 saturated heterocycles. The molecule has 1 amide bonds. The second kappa shape index (κ2) is 5.13. The molecular weight excluding hydrogens is 140 g/mol. The fourth-order valence-corrected chi connectivity index (χ4v) is 0.812. The zero-order chi connectivity index (χ0) is 8.85. The van der Waals surface area contributed by atoms with E-state index < -0.39 is 0 Å². The summed E-state index contributed by atoms with van der Waals surface area (Å²) in [6, 6.07) is 0.769. The highest BCUT2D eigenvalue weighted by Crippen LogP contribution is 1.94. The van der Waals surface area contributed by atoms with Gasteiger partial charge in [-0.15, -0.1) is 0 Å². The van der Waals surface area contributed by atoms with E-state index in [0.717, 1.165) is 13.0 Å². The van der Waals surface area contributed by atoms with Crippen LogP contribution in [0.15, 0.2) is 0 Å². The Labute approximate surface area is 68.8 Å². The minimum atomic E-state index is 0.236. The Kier molecular flexibility index (Phi) is 4.86. The van der Waals surface area contributed by atoms with Crippen LogP contribution in [0.3, 0.4) is 0 Å². The molecule has 0 fully saturated rings. The topological polar surface area (TPSA) is 32.3 Å². The van der Waals surface area contributed by atoms with Gasteiger partial charge in [0.05, 0.1) is 0 Å². The summed E-state index contributed by atoms with van der Waals surface area (Å²) < 4.78 is 0. The predicted octanol–water partition coefficient (Wildman–Crippen LogP) is 0.461. The smallest absolute Gasteiger partial charge is 0.207 e. The van der Waals surface area contributed by atoms with Gasteiger partial charge >= 0.3 is 0 Å². The van der Waals surface area contributed by atoms with E-state index >= 15 is 0 Å². The first-order valence-corrected chi connectivity index (χ1v) is 3.97. The molecule has 0 radical (unpaired) electrons. The number of amides is 1. The van der Waals surface area contributed by atoms with Crippen LogP contribution in [0.4, 0.5) is 0 Å². The molecule has 0 aliphatic carbocycles. The van der Waals surface area contributed by atoms with Crippen molar-refractivity contribution in [2.75, 3.05) is 13.6 Å². The summed E-state index contributed by atoms with van der Waals surface area (Å²) >= 11 is 0. The van der Waals surface area contributed by atoms with Gasteiger partial charge in [-0.1, -0.05) is 0 Å². The van der Waals surface area contributed by atoms with Gasteiger partial charge in [0.25, 0.3) is 0 Å². The van der Waals surface area contributed by atoms with Crippen molar-refractivity contribution in [2.24, 2.45) is 0 Å². The summed E-state index contributed by atoms with van der Waals surface area (Å²) in [6.07, 6.45) is 0.749. The molecule has 1 N–H and O–H groups in total. The van der Waals surface area contributed by atoms with Crippen LogP contribution >= 0.6 is 0 Å². The van der Waals surface area contributed by atoms with Crippen LogP contribution < -0.4 is 5.32 Å².